The van der Waals surface area contributed by atoms with Crippen molar-refractivity contribution >= 4 is 28.4 Å². The minimum atomic E-state index is -0.350. The van der Waals surface area contributed by atoms with E-state index < -0.39 is 0 Å². The molecule has 2 aromatic carbocycles. The zero-order chi connectivity index (χ0) is 19.7. The summed E-state index contributed by atoms with van der Waals surface area (Å²) in [6.07, 6.45) is 1.60. The highest BCUT2D eigenvalue weighted by Crippen LogP contribution is 2.17. The van der Waals surface area contributed by atoms with Gasteiger partial charge in [-0.2, -0.15) is 0 Å². The lowest BCUT2D eigenvalue weighted by Gasteiger charge is -2.13. The van der Waals surface area contributed by atoms with Crippen molar-refractivity contribution in [1.29, 1.82) is 0 Å². The lowest BCUT2D eigenvalue weighted by molar-refractivity contribution is 0.103. The van der Waals surface area contributed by atoms with Crippen LogP contribution in [0.5, 0.6) is 0 Å². The fraction of sp³-hybridized carbons (Fsp3) is 0.0870. The summed E-state index contributed by atoms with van der Waals surface area (Å²) in [7, 11) is 0. The zero-order valence-corrected chi connectivity index (χ0v) is 16.0. The van der Waals surface area contributed by atoms with Crippen molar-refractivity contribution in [1.82, 2.24) is 9.55 Å². The van der Waals surface area contributed by atoms with E-state index in [4.69, 9.17) is 11.6 Å². The normalized spacial score (nSPS) is 10.9. The minimum absolute atomic E-state index is 0.108. The third kappa shape index (κ3) is 3.47. The molecule has 5 heteroatoms. The first-order valence-corrected chi connectivity index (χ1v) is 9.26. The fourth-order valence-electron chi connectivity index (χ4n) is 3.21. The van der Waals surface area contributed by atoms with Crippen LogP contribution < -0.4 is 5.43 Å². The Kier molecular flexibility index (Phi) is 4.80. The molecule has 4 nitrogen and oxygen atoms in total. The lowest BCUT2D eigenvalue weighted by atomic mass is 10.0. The molecule has 2 aromatic heterocycles. The third-order valence-corrected chi connectivity index (χ3v) is 4.82. The summed E-state index contributed by atoms with van der Waals surface area (Å²) >= 11 is 6.02. The van der Waals surface area contributed by atoms with Crippen LogP contribution in [-0.4, -0.2) is 15.3 Å². The third-order valence-electron chi connectivity index (χ3n) is 4.59. The van der Waals surface area contributed by atoms with E-state index >= 15 is 0 Å². The van der Waals surface area contributed by atoms with Gasteiger partial charge in [-0.25, -0.2) is 4.98 Å². The number of nitrogens with zero attached hydrogens (tertiary/aromatic N) is 2. The summed E-state index contributed by atoms with van der Waals surface area (Å²) in [5, 5.41) is 0.878. The van der Waals surface area contributed by atoms with Gasteiger partial charge in [0.25, 0.3) is 0 Å². The maximum absolute atomic E-state index is 13.0. The first-order valence-electron chi connectivity index (χ1n) is 8.88. The standard InChI is InChI=1S/C23H17ClN2O2/c1-15-10-11-19-22(28)20(21(27)17-8-5-9-18(24)12-17)14-26(23(19)25-15)13-16-6-3-2-4-7-16/h2-12,14H,13H2,1H3. The second-order valence-corrected chi connectivity index (χ2v) is 7.09. The summed E-state index contributed by atoms with van der Waals surface area (Å²) in [5.74, 6) is -0.350. The average Bonchev–Trinajstić information content (AvgIpc) is 2.70. The Bertz CT molecular complexity index is 1250. The van der Waals surface area contributed by atoms with E-state index in [1.54, 1.807) is 42.6 Å². The molecule has 0 amide bonds. The van der Waals surface area contributed by atoms with Crippen molar-refractivity contribution in [2.24, 2.45) is 0 Å². The topological polar surface area (TPSA) is 52.0 Å². The minimum Gasteiger partial charge on any atom is -0.327 e. The molecule has 0 fully saturated rings. The molecule has 0 unspecified atom stereocenters. The molecule has 0 bridgehead atoms. The Balaban J connectivity index is 1.92. The predicted octanol–water partition coefficient (Wildman–Crippen LogP) is 4.64. The van der Waals surface area contributed by atoms with Gasteiger partial charge < -0.3 is 4.57 Å². The van der Waals surface area contributed by atoms with Crippen LogP contribution in [0.2, 0.25) is 5.02 Å². The van der Waals surface area contributed by atoms with Gasteiger partial charge in [0, 0.05) is 29.0 Å². The van der Waals surface area contributed by atoms with Crippen LogP contribution in [0.4, 0.5) is 0 Å². The quantitative estimate of drug-likeness (QED) is 0.478. The first-order chi connectivity index (χ1) is 13.5. The molecular weight excluding hydrogens is 372 g/mol. The molecule has 4 aromatic rings. The molecule has 0 aliphatic heterocycles. The molecule has 138 valence electrons. The highest BCUT2D eigenvalue weighted by Gasteiger charge is 2.18. The van der Waals surface area contributed by atoms with Gasteiger partial charge in [-0.1, -0.05) is 54.1 Å². The monoisotopic (exact) mass is 388 g/mol. The number of hydrogen-bond donors (Lipinski definition) is 0. The Morgan fingerprint density at radius 2 is 1.82 bits per heavy atom. The van der Waals surface area contributed by atoms with Crippen molar-refractivity contribution in [2.75, 3.05) is 0 Å². The lowest BCUT2D eigenvalue weighted by Crippen LogP contribution is -2.21. The number of rotatable bonds is 4. The molecular formula is C23H17ClN2O2. The molecule has 0 aliphatic carbocycles. The molecule has 0 N–H and O–H groups in total. The SMILES string of the molecule is Cc1ccc2c(=O)c(C(=O)c3cccc(Cl)c3)cn(Cc3ccccc3)c2n1. The molecule has 0 radical (unpaired) electrons. The van der Waals surface area contributed by atoms with Crippen LogP contribution in [0.3, 0.4) is 0 Å². The number of carbonyl (C=O) groups is 1. The van der Waals surface area contributed by atoms with E-state index in [0.717, 1.165) is 11.3 Å². The van der Waals surface area contributed by atoms with Gasteiger partial charge in [0.1, 0.15) is 5.65 Å². The molecule has 0 aliphatic rings. The van der Waals surface area contributed by atoms with Crippen LogP contribution in [0.25, 0.3) is 11.0 Å². The Morgan fingerprint density at radius 3 is 2.57 bits per heavy atom. The number of ketones is 1. The van der Waals surface area contributed by atoms with E-state index in [1.807, 2.05) is 41.8 Å². The van der Waals surface area contributed by atoms with Gasteiger partial charge in [0.15, 0.2) is 5.78 Å². The van der Waals surface area contributed by atoms with E-state index in [9.17, 15) is 9.59 Å². The van der Waals surface area contributed by atoms with Crippen molar-refractivity contribution < 1.29 is 4.79 Å². The van der Waals surface area contributed by atoms with Crippen LogP contribution >= 0.6 is 11.6 Å². The smallest absolute Gasteiger partial charge is 0.202 e. The maximum Gasteiger partial charge on any atom is 0.202 e. The molecule has 28 heavy (non-hydrogen) atoms. The average molecular weight is 389 g/mol. The van der Waals surface area contributed by atoms with E-state index in [0.29, 0.717) is 28.2 Å². The highest BCUT2D eigenvalue weighted by atomic mass is 35.5. The van der Waals surface area contributed by atoms with Crippen LogP contribution in [0, 0.1) is 6.92 Å². The Hall–Kier alpha value is -3.24. The first kappa shape index (κ1) is 18.1. The van der Waals surface area contributed by atoms with Crippen molar-refractivity contribution in [2.45, 2.75) is 13.5 Å². The highest BCUT2D eigenvalue weighted by molar-refractivity contribution is 6.31. The van der Waals surface area contributed by atoms with Crippen LogP contribution in [0.15, 0.2) is 77.7 Å². The number of carbonyl (C=O) groups excluding carboxylic acids is 1. The van der Waals surface area contributed by atoms with Gasteiger partial charge in [-0.05, 0) is 36.8 Å². The van der Waals surface area contributed by atoms with Crippen LogP contribution in [0.1, 0.15) is 27.2 Å². The number of halogens is 1. The largest absolute Gasteiger partial charge is 0.327 e. The number of fused-ring (bicyclic) bond motifs is 1. The second-order valence-electron chi connectivity index (χ2n) is 6.65. The van der Waals surface area contributed by atoms with Gasteiger partial charge in [0.05, 0.1) is 10.9 Å². The van der Waals surface area contributed by atoms with E-state index in [-0.39, 0.29) is 16.8 Å². The summed E-state index contributed by atoms with van der Waals surface area (Å²) < 4.78 is 1.86. The summed E-state index contributed by atoms with van der Waals surface area (Å²) in [6.45, 7) is 2.38. The number of hydrogen-bond acceptors (Lipinski definition) is 3. The molecule has 0 saturated heterocycles. The van der Waals surface area contributed by atoms with Crippen LogP contribution in [-0.2, 0) is 6.54 Å². The molecule has 0 saturated carbocycles. The summed E-state index contributed by atoms with van der Waals surface area (Å²) in [4.78, 5) is 30.6. The van der Waals surface area contributed by atoms with Crippen molar-refractivity contribution in [3.8, 4) is 0 Å². The Morgan fingerprint density at radius 1 is 1.04 bits per heavy atom. The predicted molar refractivity (Wildman–Crippen MR) is 111 cm³/mol. The molecule has 2 heterocycles. The number of aryl methyl sites for hydroxylation is 1. The van der Waals surface area contributed by atoms with Crippen molar-refractivity contribution in [3.63, 3.8) is 0 Å². The van der Waals surface area contributed by atoms with Gasteiger partial charge in [0.2, 0.25) is 5.43 Å². The number of pyridine rings is 2. The van der Waals surface area contributed by atoms with E-state index in [1.165, 1.54) is 0 Å². The fourth-order valence-corrected chi connectivity index (χ4v) is 3.40. The molecule has 4 rings (SSSR count). The Labute approximate surface area is 167 Å². The van der Waals surface area contributed by atoms with E-state index in [2.05, 4.69) is 4.98 Å². The second kappa shape index (κ2) is 7.41. The summed E-state index contributed by atoms with van der Waals surface area (Å²) in [5.41, 5.74) is 2.60. The van der Waals surface area contributed by atoms with Gasteiger partial charge in [-0.15, -0.1) is 0 Å². The van der Waals surface area contributed by atoms with Gasteiger partial charge in [-0.3, -0.25) is 9.59 Å². The molecule has 0 atom stereocenters. The maximum atomic E-state index is 13.0. The summed E-state index contributed by atoms with van der Waals surface area (Å²) in [6, 6.07) is 20.0. The zero-order valence-electron chi connectivity index (χ0n) is 15.2. The number of aromatic nitrogens is 2. The van der Waals surface area contributed by atoms with Gasteiger partial charge >= 0.3 is 0 Å². The molecule has 0 spiro atoms. The van der Waals surface area contributed by atoms with Crippen molar-refractivity contribution in [3.05, 3.63) is 111 Å². The number of benzene rings is 2.